The fraction of sp³-hybridized carbons (Fsp3) is 0.929. The van der Waals surface area contributed by atoms with Crippen LogP contribution in [0.3, 0.4) is 0 Å². The van der Waals surface area contributed by atoms with Gasteiger partial charge in [-0.25, -0.2) is 0 Å². The van der Waals surface area contributed by atoms with E-state index in [-0.39, 0.29) is 43.9 Å². The van der Waals surface area contributed by atoms with Crippen molar-refractivity contribution in [1.82, 2.24) is 5.32 Å². The summed E-state index contributed by atoms with van der Waals surface area (Å²) in [6, 6.07) is 0.944. The predicted molar refractivity (Wildman–Crippen MR) is 102 cm³/mol. The van der Waals surface area contributed by atoms with Crippen LogP contribution in [0.5, 0.6) is 0 Å². The number of alkyl carbamates (subject to hydrolysis) is 1. The molecule has 0 bridgehead atoms. The second-order valence-corrected chi connectivity index (χ2v) is 10.7. The van der Waals surface area contributed by atoms with Crippen molar-refractivity contribution in [2.75, 3.05) is 0 Å². The van der Waals surface area contributed by atoms with E-state index in [1.54, 1.807) is 0 Å². The van der Waals surface area contributed by atoms with Gasteiger partial charge in [0.25, 0.3) is 0 Å². The fourth-order valence-electron chi connectivity index (χ4n) is 1.68. The van der Waals surface area contributed by atoms with Gasteiger partial charge in [0, 0.05) is 0 Å². The van der Waals surface area contributed by atoms with Crippen LogP contribution in [0.25, 0.3) is 0 Å². The van der Waals surface area contributed by atoms with Crippen molar-refractivity contribution in [1.29, 1.82) is 0 Å². The summed E-state index contributed by atoms with van der Waals surface area (Å²) in [7, 11) is 0. The number of amides is 1. The van der Waals surface area contributed by atoms with Crippen LogP contribution >= 0.6 is 24.8 Å². The molecule has 2 aliphatic heterocycles. The number of halogens is 2. The molecule has 2 heterocycles. The van der Waals surface area contributed by atoms with Crippen LogP contribution in [0.2, 0.25) is 21.3 Å². The molecular formula is C14H32Cl2N2O2Se2. The van der Waals surface area contributed by atoms with E-state index in [0.717, 1.165) is 41.7 Å². The van der Waals surface area contributed by atoms with Gasteiger partial charge in [-0.1, -0.05) is 7.43 Å². The first-order valence-electron chi connectivity index (χ1n) is 6.77. The molecular weight excluding hydrogens is 457 g/mol. The molecule has 8 heteroatoms. The number of carbonyl (C=O) groups is 1. The monoisotopic (exact) mass is 490 g/mol. The van der Waals surface area contributed by atoms with Crippen molar-refractivity contribution in [2.45, 2.75) is 80.0 Å². The SMILES string of the molecule is C.CC(C)(C)OC(=O)N[C@H]1CC[Se]C1.Cl.Cl.N[C@H]1CC[Se]C1. The van der Waals surface area contributed by atoms with Crippen LogP contribution in [-0.2, 0) is 4.74 Å². The van der Waals surface area contributed by atoms with Crippen LogP contribution in [0, 0.1) is 0 Å². The maximum atomic E-state index is 11.3. The van der Waals surface area contributed by atoms with Gasteiger partial charge >= 0.3 is 129 Å². The Hall–Kier alpha value is 0.849. The number of hydrogen-bond acceptors (Lipinski definition) is 3. The molecule has 0 radical (unpaired) electrons. The Morgan fingerprint density at radius 3 is 2.00 bits per heavy atom. The van der Waals surface area contributed by atoms with Gasteiger partial charge in [-0.2, -0.15) is 0 Å². The van der Waals surface area contributed by atoms with Gasteiger partial charge in [-0.15, -0.1) is 24.8 Å². The molecule has 2 rings (SSSR count). The van der Waals surface area contributed by atoms with E-state index in [4.69, 9.17) is 10.5 Å². The molecule has 2 atom stereocenters. The van der Waals surface area contributed by atoms with E-state index in [9.17, 15) is 4.79 Å². The van der Waals surface area contributed by atoms with E-state index < -0.39 is 0 Å². The summed E-state index contributed by atoms with van der Waals surface area (Å²) in [6.07, 6.45) is 2.15. The van der Waals surface area contributed by atoms with Crippen molar-refractivity contribution < 1.29 is 9.53 Å². The first-order valence-corrected chi connectivity index (χ1v) is 11.6. The molecule has 3 N–H and O–H groups in total. The van der Waals surface area contributed by atoms with Crippen LogP contribution < -0.4 is 11.1 Å². The Balaban J connectivity index is -0.000000346. The van der Waals surface area contributed by atoms with Crippen molar-refractivity contribution >= 4 is 60.8 Å². The number of hydrogen-bond donors (Lipinski definition) is 2. The summed E-state index contributed by atoms with van der Waals surface area (Å²) in [5.41, 5.74) is 5.17. The van der Waals surface area contributed by atoms with Gasteiger partial charge < -0.3 is 0 Å². The minimum atomic E-state index is -0.381. The van der Waals surface area contributed by atoms with Gasteiger partial charge in [0.1, 0.15) is 0 Å². The third-order valence-electron chi connectivity index (χ3n) is 2.62. The predicted octanol–water partition coefficient (Wildman–Crippen LogP) is 3.56. The van der Waals surface area contributed by atoms with Crippen LogP contribution in [0.15, 0.2) is 0 Å². The number of rotatable bonds is 1. The summed E-state index contributed by atoms with van der Waals surface area (Å²) in [5.74, 6) is 0. The number of ether oxygens (including phenoxy) is 1. The zero-order chi connectivity index (χ0) is 14.3. The van der Waals surface area contributed by atoms with E-state index in [1.165, 1.54) is 22.4 Å². The van der Waals surface area contributed by atoms with Crippen molar-refractivity contribution in [3.05, 3.63) is 0 Å². The Morgan fingerprint density at radius 2 is 1.68 bits per heavy atom. The zero-order valence-corrected chi connectivity index (χ0v) is 18.0. The molecule has 136 valence electrons. The molecule has 4 nitrogen and oxygen atoms in total. The normalized spacial score (nSPS) is 22.9. The molecule has 1 amide bonds. The van der Waals surface area contributed by atoms with Gasteiger partial charge in [0.05, 0.1) is 0 Å². The molecule has 2 aliphatic rings. The second-order valence-electron chi connectivity index (χ2n) is 5.83. The summed E-state index contributed by atoms with van der Waals surface area (Å²) in [6.45, 7) is 5.64. The first-order chi connectivity index (χ1) is 8.87. The average molecular weight is 489 g/mol. The Morgan fingerprint density at radius 1 is 1.14 bits per heavy atom. The van der Waals surface area contributed by atoms with Crippen molar-refractivity contribution in [3.63, 3.8) is 0 Å². The third-order valence-corrected chi connectivity index (χ3v) is 7.55. The van der Waals surface area contributed by atoms with Crippen molar-refractivity contribution in [2.24, 2.45) is 5.73 Å². The Kier molecular flexibility index (Phi) is 17.9. The third kappa shape index (κ3) is 14.4. The van der Waals surface area contributed by atoms with Crippen molar-refractivity contribution in [3.8, 4) is 0 Å². The Labute approximate surface area is 161 Å². The second kappa shape index (κ2) is 14.2. The zero-order valence-electron chi connectivity index (χ0n) is 12.9. The van der Waals surface area contributed by atoms with Gasteiger partial charge in [-0.05, 0) is 0 Å². The molecule has 0 aromatic heterocycles. The molecule has 2 saturated heterocycles. The number of nitrogens with two attached hydrogens (primary N) is 1. The molecule has 0 aliphatic carbocycles. The molecule has 0 spiro atoms. The fourth-order valence-corrected chi connectivity index (χ4v) is 6.41. The summed E-state index contributed by atoms with van der Waals surface area (Å²) in [5, 5.41) is 8.09. The van der Waals surface area contributed by atoms with Crippen LogP contribution in [-0.4, -0.2) is 53.7 Å². The molecule has 0 saturated carbocycles. The number of carbonyl (C=O) groups excluding carboxylic acids is 1. The molecule has 0 unspecified atom stereocenters. The average Bonchev–Trinajstić information content (AvgIpc) is 2.89. The summed E-state index contributed by atoms with van der Waals surface area (Å²) < 4.78 is 5.16. The van der Waals surface area contributed by atoms with Gasteiger partial charge in [0.15, 0.2) is 0 Å². The minimum absolute atomic E-state index is 0. The van der Waals surface area contributed by atoms with Gasteiger partial charge in [0.2, 0.25) is 0 Å². The topological polar surface area (TPSA) is 64.3 Å². The molecule has 0 aromatic carbocycles. The maximum absolute atomic E-state index is 11.3. The van der Waals surface area contributed by atoms with Gasteiger partial charge in [-0.3, -0.25) is 0 Å². The molecule has 22 heavy (non-hydrogen) atoms. The number of nitrogens with one attached hydrogen (secondary N) is 1. The van der Waals surface area contributed by atoms with E-state index in [1.807, 2.05) is 20.8 Å². The van der Waals surface area contributed by atoms with E-state index in [0.29, 0.717) is 12.1 Å². The molecule has 0 aromatic rings. The molecule has 2 fully saturated rings. The summed E-state index contributed by atoms with van der Waals surface area (Å²) in [4.78, 5) is 11.3. The quantitative estimate of drug-likeness (QED) is 0.554. The van der Waals surface area contributed by atoms with E-state index in [2.05, 4.69) is 5.32 Å². The van der Waals surface area contributed by atoms with Crippen LogP contribution in [0.1, 0.15) is 41.0 Å². The first kappa shape index (κ1) is 27.7. The standard InChI is InChI=1S/C9H17NO2Se.C4H9NSe.CH4.2ClH/c1-9(2,3)12-8(11)10-7-4-5-13-6-7;5-4-1-2-6-3-4;;;/h7H,4-6H2,1-3H3,(H,10,11);4H,1-3,5H2;1H4;2*1H/t7-;4-;;;/m00.../s1. The van der Waals surface area contributed by atoms with Crippen LogP contribution in [0.4, 0.5) is 4.79 Å². The summed E-state index contributed by atoms with van der Waals surface area (Å²) >= 11 is 1.65. The van der Waals surface area contributed by atoms with E-state index >= 15 is 0 Å². The Bertz CT molecular complexity index is 281.